The van der Waals surface area contributed by atoms with Crippen molar-refractivity contribution in [2.75, 3.05) is 12.9 Å². The van der Waals surface area contributed by atoms with Crippen molar-refractivity contribution in [2.24, 2.45) is 9.36 Å². The number of carboxylic acid groups (broad SMARTS) is 1. The molecular weight excluding hydrogens is 515 g/mol. The van der Waals surface area contributed by atoms with Crippen molar-refractivity contribution in [3.63, 3.8) is 0 Å². The zero-order chi connectivity index (χ0) is 27.3. The molecule has 11 nitrogen and oxygen atoms in total. The van der Waals surface area contributed by atoms with E-state index in [1.807, 2.05) is 0 Å². The van der Waals surface area contributed by atoms with Crippen LogP contribution in [0.4, 0.5) is 9.18 Å². The van der Waals surface area contributed by atoms with Gasteiger partial charge in [-0.25, -0.2) is 27.7 Å². The number of carbonyl (C=O) groups is 1. The van der Waals surface area contributed by atoms with Crippen LogP contribution in [0, 0.1) is 5.82 Å². The Kier molecular flexibility index (Phi) is 6.21. The highest BCUT2D eigenvalue weighted by atomic mass is 32.2. The topological polar surface area (TPSA) is 152 Å². The van der Waals surface area contributed by atoms with Crippen LogP contribution < -0.4 is 10.1 Å². The predicted octanol–water partition coefficient (Wildman–Crippen LogP) is 4.25. The third kappa shape index (κ3) is 4.62. The summed E-state index contributed by atoms with van der Waals surface area (Å²) in [5, 5.41) is 15.8. The van der Waals surface area contributed by atoms with Crippen LogP contribution in [-0.2, 0) is 15.3 Å². The molecule has 1 saturated carbocycles. The number of hydrogen-bond donors (Lipinski definition) is 2. The van der Waals surface area contributed by atoms with Gasteiger partial charge in [0.1, 0.15) is 33.3 Å². The normalized spacial score (nSPS) is 24.4. The molecule has 38 heavy (non-hydrogen) atoms. The van der Waals surface area contributed by atoms with Gasteiger partial charge in [-0.05, 0) is 51.8 Å². The molecule has 0 spiro atoms. The zero-order valence-electron chi connectivity index (χ0n) is 21.3. The Hall–Kier alpha value is -3.87. The summed E-state index contributed by atoms with van der Waals surface area (Å²) in [7, 11) is -1.56. The fourth-order valence-corrected chi connectivity index (χ4v) is 7.08. The number of benzene rings is 1. The monoisotopic (exact) mass is 542 g/mol. The van der Waals surface area contributed by atoms with Gasteiger partial charge in [0.05, 0.1) is 41.0 Å². The molecule has 1 unspecified atom stereocenters. The Morgan fingerprint density at radius 1 is 1.21 bits per heavy atom. The molecule has 2 aliphatic rings. The Balaban J connectivity index is 1.58. The maximum atomic E-state index is 15.4. The van der Waals surface area contributed by atoms with Crippen molar-refractivity contribution in [1.29, 1.82) is 0 Å². The van der Waals surface area contributed by atoms with Crippen molar-refractivity contribution in [1.82, 2.24) is 20.4 Å². The quantitative estimate of drug-likeness (QED) is 0.485. The molecule has 1 aromatic carbocycles. The fraction of sp³-hybridized carbons (Fsp3) is 0.400. The van der Waals surface area contributed by atoms with Crippen molar-refractivity contribution < 1.29 is 27.8 Å². The van der Waals surface area contributed by atoms with E-state index in [9.17, 15) is 14.1 Å². The third-order valence-electron chi connectivity index (χ3n) is 6.74. The van der Waals surface area contributed by atoms with E-state index in [4.69, 9.17) is 9.26 Å². The lowest BCUT2D eigenvalue weighted by Crippen LogP contribution is -2.57. The van der Waals surface area contributed by atoms with Crippen LogP contribution in [-0.4, -0.2) is 60.0 Å². The van der Waals surface area contributed by atoms with E-state index >= 15 is 4.39 Å². The van der Waals surface area contributed by atoms with Crippen LogP contribution in [0.25, 0.3) is 22.7 Å². The van der Waals surface area contributed by atoms with E-state index in [0.29, 0.717) is 28.6 Å². The first kappa shape index (κ1) is 25.8. The lowest BCUT2D eigenvalue weighted by molar-refractivity contribution is 0.199. The molecule has 13 heteroatoms. The number of aromatic nitrogens is 3. The highest BCUT2D eigenvalue weighted by Crippen LogP contribution is 2.42. The molecule has 2 aromatic heterocycles. The summed E-state index contributed by atoms with van der Waals surface area (Å²) >= 11 is 0. The number of methoxy groups -OCH3 is 1. The number of amidine groups is 1. The van der Waals surface area contributed by atoms with Gasteiger partial charge in [0.15, 0.2) is 5.76 Å². The van der Waals surface area contributed by atoms with Gasteiger partial charge in [-0.15, -0.1) is 0 Å². The van der Waals surface area contributed by atoms with Crippen molar-refractivity contribution >= 4 is 21.7 Å². The smallest absolute Gasteiger partial charge is 0.410 e. The Morgan fingerprint density at radius 3 is 2.61 bits per heavy atom. The summed E-state index contributed by atoms with van der Waals surface area (Å²) in [5.74, 6) is 0.0284. The van der Waals surface area contributed by atoms with Gasteiger partial charge in [0.2, 0.25) is 5.88 Å². The van der Waals surface area contributed by atoms with Gasteiger partial charge in [0.25, 0.3) is 0 Å². The maximum absolute atomic E-state index is 15.4. The zero-order valence-corrected chi connectivity index (χ0v) is 22.1. The highest BCUT2D eigenvalue weighted by Gasteiger charge is 2.50. The molecule has 0 bridgehead atoms. The van der Waals surface area contributed by atoms with Crippen LogP contribution in [0.15, 0.2) is 50.5 Å². The first-order valence-corrected chi connectivity index (χ1v) is 13.6. The molecule has 1 aliphatic heterocycles. The summed E-state index contributed by atoms with van der Waals surface area (Å²) in [6.45, 7) is 4.94. The van der Waals surface area contributed by atoms with E-state index in [2.05, 4.69) is 29.8 Å². The minimum absolute atomic E-state index is 0.0158. The minimum atomic E-state index is -3.05. The van der Waals surface area contributed by atoms with Crippen LogP contribution in [0.3, 0.4) is 0 Å². The molecule has 2 atom stereocenters. The summed E-state index contributed by atoms with van der Waals surface area (Å²) in [5.41, 5.74) is 0.147. The molecule has 1 aliphatic carbocycles. The average molecular weight is 543 g/mol. The maximum Gasteiger partial charge on any atom is 0.410 e. The van der Waals surface area contributed by atoms with Gasteiger partial charge in [-0.1, -0.05) is 5.16 Å². The van der Waals surface area contributed by atoms with Gasteiger partial charge in [-0.3, -0.25) is 10.3 Å². The number of nitrogens with one attached hydrogen (secondary N) is 1. The first-order chi connectivity index (χ1) is 17.9. The molecule has 3 heterocycles. The highest BCUT2D eigenvalue weighted by molar-refractivity contribution is 7.95. The Labute approximate surface area is 218 Å². The van der Waals surface area contributed by atoms with E-state index in [1.54, 1.807) is 32.9 Å². The van der Waals surface area contributed by atoms with Crippen LogP contribution in [0.1, 0.15) is 39.2 Å². The number of rotatable bonds is 5. The van der Waals surface area contributed by atoms with Crippen molar-refractivity contribution in [3.8, 4) is 28.6 Å². The summed E-state index contributed by atoms with van der Waals surface area (Å²) in [6, 6.07) is 5.94. The van der Waals surface area contributed by atoms with E-state index in [0.717, 1.165) is 12.8 Å². The first-order valence-electron chi connectivity index (χ1n) is 11.9. The molecule has 200 valence electrons. The Bertz CT molecular complexity index is 1560. The fourth-order valence-electron chi connectivity index (χ4n) is 4.31. The average Bonchev–Trinajstić information content (AvgIpc) is 3.53. The second kappa shape index (κ2) is 9.15. The van der Waals surface area contributed by atoms with Crippen LogP contribution in [0.2, 0.25) is 0 Å². The van der Waals surface area contributed by atoms with Gasteiger partial charge in [0, 0.05) is 17.2 Å². The number of hydrogen-bond acceptors (Lipinski definition) is 9. The molecule has 3 aromatic rings. The van der Waals surface area contributed by atoms with Crippen molar-refractivity contribution in [3.05, 3.63) is 48.0 Å². The van der Waals surface area contributed by atoms with Gasteiger partial charge < -0.3 is 14.4 Å². The third-order valence-corrected chi connectivity index (χ3v) is 10.1. The van der Waals surface area contributed by atoms with Gasteiger partial charge in [-0.2, -0.15) is 0 Å². The molecule has 0 saturated heterocycles. The molecule has 1 amide bonds. The number of ether oxygens (including phenoxy) is 1. The lowest BCUT2D eigenvalue weighted by Gasteiger charge is -2.41. The number of halogens is 1. The molecule has 2 N–H and O–H groups in total. The standard InChI is InChI=1S/C25H27FN6O5S/c1-24(2)22(29-23(33)34)30-25(3,13-38(24,35)32-15-6-7-15)16-9-14(5-8-17(16)26)20-10-18(31-37-20)19-11-28-21(36-4)12-27-19/h5,8-12,15H,6-7,13H2,1-4H3,(H,29,30)(H,33,34)/t25-,38?/m0/s1. The summed E-state index contributed by atoms with van der Waals surface area (Å²) in [4.78, 5) is 24.6. The largest absolute Gasteiger partial charge is 0.480 e. The van der Waals surface area contributed by atoms with E-state index in [1.165, 1.54) is 31.6 Å². The lowest BCUT2D eigenvalue weighted by atomic mass is 9.91. The molecule has 1 fully saturated rings. The Morgan fingerprint density at radius 2 is 1.97 bits per heavy atom. The molecule has 5 rings (SSSR count). The molecular formula is C25H27FN6O5S. The summed E-state index contributed by atoms with van der Waals surface area (Å²) < 4.78 is 43.6. The molecule has 0 radical (unpaired) electrons. The van der Waals surface area contributed by atoms with Gasteiger partial charge >= 0.3 is 6.09 Å². The van der Waals surface area contributed by atoms with Crippen LogP contribution >= 0.6 is 0 Å². The minimum Gasteiger partial charge on any atom is -0.480 e. The van der Waals surface area contributed by atoms with Crippen LogP contribution in [0.5, 0.6) is 5.88 Å². The second-order valence-corrected chi connectivity index (χ2v) is 12.8. The predicted molar refractivity (Wildman–Crippen MR) is 138 cm³/mol. The number of aliphatic imine (C=N–C) groups is 1. The number of nitrogens with zero attached hydrogens (tertiary/aromatic N) is 5. The SMILES string of the molecule is COc1cnc(-c2cc(-c3ccc(F)c([C@]4(C)CS(=O)(=NC5CC5)C(C)(C)C(NC(=O)O)=N4)c3)on2)cn1. The second-order valence-electron chi connectivity index (χ2n) is 10.0. The van der Waals surface area contributed by atoms with E-state index in [-0.39, 0.29) is 23.2 Å². The number of amides is 1. The summed E-state index contributed by atoms with van der Waals surface area (Å²) in [6.07, 6.45) is 3.24. The van der Waals surface area contributed by atoms with E-state index < -0.39 is 31.9 Å². The van der Waals surface area contributed by atoms with Crippen molar-refractivity contribution in [2.45, 2.75) is 49.9 Å².